The van der Waals surface area contributed by atoms with Crippen LogP contribution in [0.15, 0.2) is 16.6 Å². The molecule has 1 aromatic heterocycles. The normalized spacial score (nSPS) is 17.8. The van der Waals surface area contributed by atoms with Crippen molar-refractivity contribution < 1.29 is 24.2 Å². The first kappa shape index (κ1) is 25.6. The molecule has 12 nitrogen and oxygen atoms in total. The van der Waals surface area contributed by atoms with E-state index >= 15 is 0 Å². The van der Waals surface area contributed by atoms with Gasteiger partial charge >= 0.3 is 0 Å². The Morgan fingerprint density at radius 1 is 1.41 bits per heavy atom. The number of guanidine groups is 1. The van der Waals surface area contributed by atoms with Gasteiger partial charge in [-0.15, -0.1) is 11.3 Å². The molecule has 0 aromatic carbocycles. The van der Waals surface area contributed by atoms with E-state index in [1.54, 1.807) is 5.38 Å². The van der Waals surface area contributed by atoms with Crippen molar-refractivity contribution in [2.75, 3.05) is 46.9 Å². The number of aliphatic imine (C=N–C) groups is 1. The monoisotopic (exact) mass is 469 g/mol. The van der Waals surface area contributed by atoms with E-state index in [9.17, 15) is 14.4 Å². The summed E-state index contributed by atoms with van der Waals surface area (Å²) in [7, 11) is 3.26. The molecule has 1 aromatic rings. The Bertz CT molecular complexity index is 785. The summed E-state index contributed by atoms with van der Waals surface area (Å²) in [5, 5.41) is 4.76. The lowest BCUT2D eigenvalue weighted by molar-refractivity contribution is -0.274. The van der Waals surface area contributed by atoms with Crippen molar-refractivity contribution in [3.63, 3.8) is 0 Å². The molecule has 32 heavy (non-hydrogen) atoms. The molecule has 0 unspecified atom stereocenters. The number of nitrogens with two attached hydrogens (primary N) is 2. The molecule has 1 aliphatic rings. The van der Waals surface area contributed by atoms with E-state index in [1.807, 2.05) is 11.9 Å². The number of piperazine rings is 1. The largest absolute Gasteiger partial charge is 0.370 e. The molecule has 2 rings (SSSR count). The molecule has 1 saturated heterocycles. The maximum atomic E-state index is 12.8. The van der Waals surface area contributed by atoms with Gasteiger partial charge in [0.15, 0.2) is 11.0 Å². The van der Waals surface area contributed by atoms with E-state index in [1.165, 1.54) is 29.5 Å². The van der Waals surface area contributed by atoms with Gasteiger partial charge in [-0.1, -0.05) is 0 Å². The quantitative estimate of drug-likeness (QED) is 0.0818. The number of hydrogen-bond acceptors (Lipinski definition) is 9. The molecular weight excluding hydrogens is 438 g/mol. The van der Waals surface area contributed by atoms with Crippen LogP contribution in [0.3, 0.4) is 0 Å². The Balaban J connectivity index is 1.97. The van der Waals surface area contributed by atoms with Gasteiger partial charge in [-0.25, -0.2) is 14.8 Å². The number of likely N-dealkylation sites (N-methyl/N-ethyl adjacent to an activating group) is 1. The summed E-state index contributed by atoms with van der Waals surface area (Å²) >= 11 is 1.20. The van der Waals surface area contributed by atoms with Crippen molar-refractivity contribution in [3.05, 3.63) is 16.6 Å². The van der Waals surface area contributed by atoms with Gasteiger partial charge in [-0.2, -0.15) is 0 Å². The molecule has 13 heteroatoms. The van der Waals surface area contributed by atoms with Crippen LogP contribution in [-0.2, 0) is 19.4 Å². The third-order valence-electron chi connectivity index (χ3n) is 5.02. The van der Waals surface area contributed by atoms with Crippen LogP contribution < -0.4 is 16.8 Å². The number of ketones is 1. The number of rotatable bonds is 13. The Labute approximate surface area is 190 Å². The van der Waals surface area contributed by atoms with Crippen LogP contribution in [0.4, 0.5) is 0 Å². The van der Waals surface area contributed by atoms with Crippen molar-refractivity contribution in [1.29, 1.82) is 0 Å². The van der Waals surface area contributed by atoms with E-state index in [2.05, 4.69) is 20.2 Å². The second kappa shape index (κ2) is 13.1. The van der Waals surface area contributed by atoms with Gasteiger partial charge in [0.25, 0.3) is 0 Å². The number of nitrogens with zero attached hydrogens (tertiary/aromatic N) is 4. The van der Waals surface area contributed by atoms with Gasteiger partial charge in [0.05, 0.1) is 32.3 Å². The molecule has 0 saturated carbocycles. The fourth-order valence-corrected chi connectivity index (χ4v) is 4.00. The number of carbonyl (C=O) groups is 3. The highest BCUT2D eigenvalue weighted by molar-refractivity contribution is 7.11. The molecule has 178 valence electrons. The molecule has 0 radical (unpaired) electrons. The lowest BCUT2D eigenvalue weighted by atomic mass is 10.1. The minimum atomic E-state index is -0.781. The van der Waals surface area contributed by atoms with Gasteiger partial charge in [0, 0.05) is 31.2 Å². The van der Waals surface area contributed by atoms with Crippen LogP contribution in [0.1, 0.15) is 29.1 Å². The minimum Gasteiger partial charge on any atom is -0.370 e. The molecule has 2 amide bonds. The summed E-state index contributed by atoms with van der Waals surface area (Å²) < 4.78 is 0. The molecular formula is C19H31N7O5S. The van der Waals surface area contributed by atoms with E-state index in [0.717, 1.165) is 0 Å². The molecule has 2 heterocycles. The molecule has 1 aliphatic heterocycles. The van der Waals surface area contributed by atoms with Crippen LogP contribution in [-0.4, -0.2) is 97.4 Å². The summed E-state index contributed by atoms with van der Waals surface area (Å²) in [6.07, 6.45) is 2.81. The zero-order chi connectivity index (χ0) is 23.5. The average molecular weight is 470 g/mol. The topological polar surface area (TPSA) is 165 Å². The fourth-order valence-electron chi connectivity index (χ4n) is 3.37. The van der Waals surface area contributed by atoms with Crippen molar-refractivity contribution in [2.45, 2.75) is 31.3 Å². The molecule has 0 spiro atoms. The first-order valence-electron chi connectivity index (χ1n) is 10.3. The zero-order valence-electron chi connectivity index (χ0n) is 18.4. The summed E-state index contributed by atoms with van der Waals surface area (Å²) in [5.74, 6) is -0.885. The number of nitrogens with one attached hydrogen (secondary N) is 1. The summed E-state index contributed by atoms with van der Waals surface area (Å²) in [5.41, 5.74) is 10.7. The van der Waals surface area contributed by atoms with Gasteiger partial charge in [0.2, 0.25) is 17.6 Å². The Kier molecular flexibility index (Phi) is 10.5. The molecule has 0 aliphatic carbocycles. The number of Topliss-reactive ketones (excluding diaryl/α,β-unsaturated/α-hetero) is 1. The first-order chi connectivity index (χ1) is 15.3. The van der Waals surface area contributed by atoms with Gasteiger partial charge < -0.3 is 21.7 Å². The second-order valence-electron chi connectivity index (χ2n) is 7.30. The summed E-state index contributed by atoms with van der Waals surface area (Å²) in [6, 6.07) is -1.18. The highest BCUT2D eigenvalue weighted by atomic mass is 32.1. The highest BCUT2D eigenvalue weighted by Crippen LogP contribution is 2.14. The van der Waals surface area contributed by atoms with Crippen LogP contribution in [0.5, 0.6) is 0 Å². The van der Waals surface area contributed by atoms with Crippen molar-refractivity contribution >= 4 is 34.9 Å². The smallest absolute Gasteiger partial charge is 0.240 e. The highest BCUT2D eigenvalue weighted by Gasteiger charge is 2.34. The lowest BCUT2D eigenvalue weighted by Crippen LogP contribution is -2.58. The third-order valence-corrected chi connectivity index (χ3v) is 5.81. The Morgan fingerprint density at radius 2 is 2.19 bits per heavy atom. The zero-order valence-corrected chi connectivity index (χ0v) is 19.2. The number of thiazole rings is 1. The second-order valence-corrected chi connectivity index (χ2v) is 8.20. The van der Waals surface area contributed by atoms with E-state index in [0.29, 0.717) is 43.9 Å². The molecule has 1 fully saturated rings. The van der Waals surface area contributed by atoms with Gasteiger partial charge in [-0.05, 0) is 26.3 Å². The van der Waals surface area contributed by atoms with E-state index in [-0.39, 0.29) is 30.8 Å². The average Bonchev–Trinajstić information content (AvgIpc) is 3.29. The standard InChI is InChI=1S/C19H31N7O5S/c1-25-8-9-26(18(29)14(25)5-10-31-30-2)12-15(27)24-13(4-3-6-23-19(20)21)16(28)17-22-7-11-32-17/h7,11,13-14H,3-6,8-10,12H2,1-2H3,(H,24,27)(H4,20,21,23)/t13-,14-/m0/s1. The lowest BCUT2D eigenvalue weighted by Gasteiger charge is -2.38. The predicted molar refractivity (Wildman–Crippen MR) is 119 cm³/mol. The molecule has 5 N–H and O–H groups in total. The van der Waals surface area contributed by atoms with Gasteiger partial charge in [0.1, 0.15) is 0 Å². The predicted octanol–water partition coefficient (Wildman–Crippen LogP) is -1.03. The maximum absolute atomic E-state index is 12.8. The van der Waals surface area contributed by atoms with Crippen LogP contribution >= 0.6 is 11.3 Å². The molecule has 2 atom stereocenters. The van der Waals surface area contributed by atoms with Crippen molar-refractivity contribution in [2.24, 2.45) is 16.5 Å². The Hall–Kier alpha value is -2.61. The van der Waals surface area contributed by atoms with E-state index in [4.69, 9.17) is 16.4 Å². The maximum Gasteiger partial charge on any atom is 0.240 e. The fraction of sp³-hybridized carbons (Fsp3) is 0.632. The summed E-state index contributed by atoms with van der Waals surface area (Å²) in [6.45, 7) is 1.50. The third kappa shape index (κ3) is 7.82. The van der Waals surface area contributed by atoms with Crippen LogP contribution in [0.2, 0.25) is 0 Å². The molecule has 0 bridgehead atoms. The van der Waals surface area contributed by atoms with Crippen molar-refractivity contribution in [3.8, 4) is 0 Å². The van der Waals surface area contributed by atoms with E-state index < -0.39 is 18.0 Å². The van der Waals surface area contributed by atoms with Gasteiger partial charge in [-0.3, -0.25) is 24.3 Å². The summed E-state index contributed by atoms with van der Waals surface area (Å²) in [4.78, 5) is 59.2. The Morgan fingerprint density at radius 3 is 2.84 bits per heavy atom. The minimum absolute atomic E-state index is 0.0316. The van der Waals surface area contributed by atoms with Crippen molar-refractivity contribution in [1.82, 2.24) is 20.1 Å². The first-order valence-corrected chi connectivity index (χ1v) is 11.1. The number of amides is 2. The SMILES string of the molecule is COOCC[C@H]1C(=O)N(CC(=O)N[C@@H](CCCN=C(N)N)C(=O)c2nccs2)CCN1C. The number of aromatic nitrogens is 1. The van der Waals surface area contributed by atoms with Crippen LogP contribution in [0.25, 0.3) is 0 Å². The number of hydrogen-bond donors (Lipinski definition) is 3. The number of carbonyl (C=O) groups excluding carboxylic acids is 3. The van der Waals surface area contributed by atoms with Crippen LogP contribution in [0, 0.1) is 0 Å².